The standard InChI is InChI=1S/C30H25F3N6O3/c1-18-16-39(17-35-18)22-13-20(30(31,32)33)12-21(14-22)36-28(40)26-6-4-5-19-11-23(7-8-25(19)26)42-24-9-10-34-27(15-24)37-29(41)38(2)3/h4-17H,1-3H3,(H,36,40)(H,34,37,41). The predicted octanol–water partition coefficient (Wildman–Crippen LogP) is 6.89. The number of aromatic nitrogens is 3. The molecule has 2 heterocycles. The minimum Gasteiger partial charge on any atom is -0.457 e. The molecule has 0 aliphatic heterocycles. The number of fused-ring (bicyclic) bond motifs is 1. The van der Waals surface area contributed by atoms with Crippen LogP contribution in [0.1, 0.15) is 21.6 Å². The van der Waals surface area contributed by atoms with Gasteiger partial charge in [-0.1, -0.05) is 12.1 Å². The molecular weight excluding hydrogens is 549 g/mol. The molecule has 5 rings (SSSR count). The lowest BCUT2D eigenvalue weighted by Crippen LogP contribution is -2.27. The first-order valence-electron chi connectivity index (χ1n) is 12.7. The van der Waals surface area contributed by atoms with Gasteiger partial charge in [0, 0.05) is 49.5 Å². The Labute approximate surface area is 238 Å². The number of carbonyl (C=O) groups excluding carboxylic acids is 2. The summed E-state index contributed by atoms with van der Waals surface area (Å²) in [5.41, 5.74) is 0.206. The molecule has 9 nitrogen and oxygen atoms in total. The molecule has 0 saturated heterocycles. The van der Waals surface area contributed by atoms with E-state index in [0.717, 1.165) is 12.1 Å². The minimum absolute atomic E-state index is 0.0111. The number of hydrogen-bond donors (Lipinski definition) is 2. The number of aryl methyl sites for hydroxylation is 1. The Bertz CT molecular complexity index is 1800. The van der Waals surface area contributed by atoms with Crippen molar-refractivity contribution in [2.75, 3.05) is 24.7 Å². The van der Waals surface area contributed by atoms with Crippen molar-refractivity contribution >= 4 is 34.2 Å². The van der Waals surface area contributed by atoms with Crippen LogP contribution in [0.25, 0.3) is 16.5 Å². The van der Waals surface area contributed by atoms with Gasteiger partial charge in [0.15, 0.2) is 0 Å². The molecule has 5 aromatic rings. The van der Waals surface area contributed by atoms with Crippen molar-refractivity contribution in [2.45, 2.75) is 13.1 Å². The van der Waals surface area contributed by atoms with Crippen LogP contribution in [0.3, 0.4) is 0 Å². The SMILES string of the molecule is Cc1cn(-c2cc(NC(=O)c3cccc4cc(Oc5ccnc(NC(=O)N(C)C)c5)ccc34)cc(C(F)(F)F)c2)cn1. The maximum atomic E-state index is 13.7. The zero-order chi connectivity index (χ0) is 30.0. The molecule has 0 bridgehead atoms. The minimum atomic E-state index is -4.62. The van der Waals surface area contributed by atoms with Crippen molar-refractivity contribution in [1.82, 2.24) is 19.4 Å². The number of alkyl halides is 3. The Morgan fingerprint density at radius 1 is 0.929 bits per heavy atom. The Kier molecular flexibility index (Phi) is 7.53. The van der Waals surface area contributed by atoms with Crippen molar-refractivity contribution in [3.63, 3.8) is 0 Å². The number of halogens is 3. The topological polar surface area (TPSA) is 101 Å². The maximum Gasteiger partial charge on any atom is 0.416 e. The van der Waals surface area contributed by atoms with Crippen LogP contribution < -0.4 is 15.4 Å². The summed E-state index contributed by atoms with van der Waals surface area (Å²) in [4.78, 5) is 34.8. The van der Waals surface area contributed by atoms with Gasteiger partial charge in [0.05, 0.1) is 17.6 Å². The van der Waals surface area contributed by atoms with Crippen LogP contribution in [0.5, 0.6) is 11.5 Å². The monoisotopic (exact) mass is 574 g/mol. The van der Waals surface area contributed by atoms with Crippen molar-refractivity contribution in [3.05, 3.63) is 102 Å². The molecule has 0 radical (unpaired) electrons. The molecule has 12 heteroatoms. The highest BCUT2D eigenvalue weighted by Gasteiger charge is 2.31. The lowest BCUT2D eigenvalue weighted by Gasteiger charge is -2.14. The summed E-state index contributed by atoms with van der Waals surface area (Å²) in [5, 5.41) is 6.51. The number of ether oxygens (including phenoxy) is 1. The molecule has 0 fully saturated rings. The van der Waals surface area contributed by atoms with Gasteiger partial charge in [-0.15, -0.1) is 0 Å². The molecule has 0 spiro atoms. The second kappa shape index (κ2) is 11.2. The van der Waals surface area contributed by atoms with E-state index in [-0.39, 0.29) is 23.0 Å². The Hall–Kier alpha value is -5.39. The molecule has 0 unspecified atom stereocenters. The molecule has 2 N–H and O–H groups in total. The number of pyridine rings is 1. The van der Waals surface area contributed by atoms with Gasteiger partial charge in [-0.3, -0.25) is 10.1 Å². The molecular formula is C30H25F3N6O3. The highest BCUT2D eigenvalue weighted by Crippen LogP contribution is 2.34. The number of amides is 3. The predicted molar refractivity (Wildman–Crippen MR) is 152 cm³/mol. The summed E-state index contributed by atoms with van der Waals surface area (Å²) in [6.45, 7) is 1.73. The average Bonchev–Trinajstić information content (AvgIpc) is 3.38. The van der Waals surface area contributed by atoms with E-state index in [1.807, 2.05) is 0 Å². The van der Waals surface area contributed by atoms with Gasteiger partial charge >= 0.3 is 12.2 Å². The van der Waals surface area contributed by atoms with Crippen molar-refractivity contribution in [2.24, 2.45) is 0 Å². The molecule has 214 valence electrons. The van der Waals surface area contributed by atoms with Crippen LogP contribution in [0.4, 0.5) is 29.5 Å². The lowest BCUT2D eigenvalue weighted by molar-refractivity contribution is -0.137. The van der Waals surface area contributed by atoms with Crippen LogP contribution in [0, 0.1) is 6.92 Å². The van der Waals surface area contributed by atoms with Crippen molar-refractivity contribution < 1.29 is 27.5 Å². The van der Waals surface area contributed by atoms with E-state index in [1.54, 1.807) is 75.7 Å². The first kappa shape index (κ1) is 28.1. The second-order valence-electron chi connectivity index (χ2n) is 9.63. The van der Waals surface area contributed by atoms with E-state index in [2.05, 4.69) is 20.6 Å². The van der Waals surface area contributed by atoms with Crippen LogP contribution in [0.15, 0.2) is 85.5 Å². The number of anilines is 2. The van der Waals surface area contributed by atoms with E-state index in [1.165, 1.54) is 28.1 Å². The van der Waals surface area contributed by atoms with E-state index in [4.69, 9.17) is 4.74 Å². The first-order chi connectivity index (χ1) is 20.0. The van der Waals surface area contributed by atoms with Gasteiger partial charge < -0.3 is 19.5 Å². The van der Waals surface area contributed by atoms with Crippen LogP contribution in [-0.4, -0.2) is 45.5 Å². The lowest BCUT2D eigenvalue weighted by atomic mass is 10.0. The fourth-order valence-electron chi connectivity index (χ4n) is 4.18. The Morgan fingerprint density at radius 2 is 1.71 bits per heavy atom. The van der Waals surface area contributed by atoms with Crippen LogP contribution >= 0.6 is 0 Å². The summed E-state index contributed by atoms with van der Waals surface area (Å²) in [6, 6.07) is 16.4. The summed E-state index contributed by atoms with van der Waals surface area (Å²) < 4.78 is 48.4. The molecule has 2 aromatic heterocycles. The van der Waals surface area contributed by atoms with Gasteiger partial charge in [-0.05, 0) is 66.2 Å². The van der Waals surface area contributed by atoms with E-state index in [0.29, 0.717) is 33.8 Å². The molecule has 0 atom stereocenters. The molecule has 0 aliphatic rings. The molecule has 0 aliphatic carbocycles. The largest absolute Gasteiger partial charge is 0.457 e. The molecule has 0 saturated carbocycles. The summed E-state index contributed by atoms with van der Waals surface area (Å²) >= 11 is 0. The number of hydrogen-bond acceptors (Lipinski definition) is 5. The number of benzene rings is 3. The smallest absolute Gasteiger partial charge is 0.416 e. The Morgan fingerprint density at radius 3 is 2.43 bits per heavy atom. The molecule has 3 aromatic carbocycles. The number of carbonyl (C=O) groups is 2. The van der Waals surface area contributed by atoms with E-state index >= 15 is 0 Å². The highest BCUT2D eigenvalue weighted by atomic mass is 19.4. The van der Waals surface area contributed by atoms with Crippen LogP contribution in [-0.2, 0) is 6.18 Å². The third-order valence-corrected chi connectivity index (χ3v) is 6.22. The van der Waals surface area contributed by atoms with Crippen LogP contribution in [0.2, 0.25) is 0 Å². The highest BCUT2D eigenvalue weighted by molar-refractivity contribution is 6.13. The van der Waals surface area contributed by atoms with Crippen molar-refractivity contribution in [3.8, 4) is 17.2 Å². The second-order valence-corrected chi connectivity index (χ2v) is 9.63. The third kappa shape index (κ3) is 6.33. The quantitative estimate of drug-likeness (QED) is 0.230. The zero-order valence-electron chi connectivity index (χ0n) is 22.7. The fraction of sp³-hybridized carbons (Fsp3) is 0.133. The Balaban J connectivity index is 1.40. The van der Waals surface area contributed by atoms with Gasteiger partial charge in [0.2, 0.25) is 0 Å². The fourth-order valence-corrected chi connectivity index (χ4v) is 4.18. The molecule has 3 amide bonds. The number of rotatable bonds is 6. The number of nitrogens with zero attached hydrogens (tertiary/aromatic N) is 4. The van der Waals surface area contributed by atoms with E-state index in [9.17, 15) is 22.8 Å². The number of urea groups is 1. The number of nitrogens with one attached hydrogen (secondary N) is 2. The van der Waals surface area contributed by atoms with Gasteiger partial charge in [-0.2, -0.15) is 13.2 Å². The van der Waals surface area contributed by atoms with E-state index < -0.39 is 17.6 Å². The van der Waals surface area contributed by atoms with Gasteiger partial charge in [0.1, 0.15) is 17.3 Å². The zero-order valence-corrected chi connectivity index (χ0v) is 22.7. The first-order valence-corrected chi connectivity index (χ1v) is 12.7. The van der Waals surface area contributed by atoms with Crippen molar-refractivity contribution in [1.29, 1.82) is 0 Å². The summed E-state index contributed by atoms with van der Waals surface area (Å²) in [7, 11) is 3.22. The maximum absolute atomic E-state index is 13.7. The normalized spacial score (nSPS) is 11.3. The van der Waals surface area contributed by atoms with Gasteiger partial charge in [-0.25, -0.2) is 14.8 Å². The summed E-state index contributed by atoms with van der Waals surface area (Å²) in [5.74, 6) is 0.638. The summed E-state index contributed by atoms with van der Waals surface area (Å²) in [6.07, 6.45) is -0.114. The number of imidazole rings is 1. The molecule has 42 heavy (non-hydrogen) atoms. The van der Waals surface area contributed by atoms with Gasteiger partial charge in [0.25, 0.3) is 5.91 Å². The average molecular weight is 575 g/mol. The third-order valence-electron chi connectivity index (χ3n) is 6.22.